The zero-order valence-electron chi connectivity index (χ0n) is 9.79. The van der Waals surface area contributed by atoms with Gasteiger partial charge in [-0.2, -0.15) is 0 Å². The van der Waals surface area contributed by atoms with E-state index in [1.165, 1.54) is 6.07 Å². The number of anilines is 1. The van der Waals surface area contributed by atoms with Crippen molar-refractivity contribution in [3.8, 4) is 0 Å². The first-order valence-corrected chi connectivity index (χ1v) is 6.34. The Balaban J connectivity index is 2.12. The Hall–Kier alpha value is -1.75. The van der Waals surface area contributed by atoms with E-state index < -0.39 is 23.2 Å². The van der Waals surface area contributed by atoms with Crippen molar-refractivity contribution >= 4 is 27.5 Å². The molecule has 0 saturated heterocycles. The first-order valence-electron chi connectivity index (χ1n) is 5.55. The molecule has 19 heavy (non-hydrogen) atoms. The summed E-state index contributed by atoms with van der Waals surface area (Å²) in [5.41, 5.74) is 0.330. The minimum absolute atomic E-state index is 0.0369. The Morgan fingerprint density at radius 2 is 1.68 bits per heavy atom. The molecule has 0 bridgehead atoms. The van der Waals surface area contributed by atoms with E-state index in [4.69, 9.17) is 0 Å². The third kappa shape index (κ3) is 3.38. The van der Waals surface area contributed by atoms with Gasteiger partial charge in [-0.25, -0.2) is 8.78 Å². The van der Waals surface area contributed by atoms with Crippen LogP contribution in [0.3, 0.4) is 0 Å². The highest BCUT2D eigenvalue weighted by atomic mass is 79.9. The van der Waals surface area contributed by atoms with Gasteiger partial charge in [0, 0.05) is 4.47 Å². The highest BCUT2D eigenvalue weighted by Crippen LogP contribution is 2.20. The van der Waals surface area contributed by atoms with Gasteiger partial charge in [0.15, 0.2) is 0 Å². The van der Waals surface area contributed by atoms with Crippen LogP contribution in [0.25, 0.3) is 0 Å². The molecule has 0 radical (unpaired) electrons. The fourth-order valence-corrected chi connectivity index (χ4v) is 2.04. The highest BCUT2D eigenvalue weighted by Gasteiger charge is 2.13. The summed E-state index contributed by atoms with van der Waals surface area (Å²) < 4.78 is 27.5. The standard InChI is InChI=1S/C14H10BrF2NO/c15-10-5-2-1-4-9(10)8-13(19)18-14-11(16)6-3-7-12(14)17/h1-7H,8H2,(H,18,19). The number of carbonyl (C=O) groups excluding carboxylic acids is 1. The number of para-hydroxylation sites is 1. The molecule has 5 heteroatoms. The second-order valence-corrected chi connectivity index (χ2v) is 4.77. The van der Waals surface area contributed by atoms with E-state index in [1.807, 2.05) is 6.07 Å². The van der Waals surface area contributed by atoms with Gasteiger partial charge in [0.05, 0.1) is 6.42 Å². The van der Waals surface area contributed by atoms with E-state index in [-0.39, 0.29) is 6.42 Å². The van der Waals surface area contributed by atoms with Crippen molar-refractivity contribution in [1.82, 2.24) is 0 Å². The summed E-state index contributed by atoms with van der Waals surface area (Å²) in [6.45, 7) is 0. The van der Waals surface area contributed by atoms with Crippen LogP contribution in [-0.4, -0.2) is 5.91 Å². The first kappa shape index (κ1) is 13.7. The Bertz CT molecular complexity index is 596. The maximum Gasteiger partial charge on any atom is 0.228 e. The summed E-state index contributed by atoms with van der Waals surface area (Å²) >= 11 is 3.31. The molecular weight excluding hydrogens is 316 g/mol. The molecule has 0 heterocycles. The van der Waals surface area contributed by atoms with E-state index >= 15 is 0 Å². The molecule has 1 amide bonds. The van der Waals surface area contributed by atoms with Crippen LogP contribution in [0.4, 0.5) is 14.5 Å². The quantitative estimate of drug-likeness (QED) is 0.910. The lowest BCUT2D eigenvalue weighted by Gasteiger charge is -2.08. The summed E-state index contributed by atoms with van der Waals surface area (Å²) in [6, 6.07) is 10.6. The van der Waals surface area contributed by atoms with Gasteiger partial charge in [-0.15, -0.1) is 0 Å². The molecular formula is C14H10BrF2NO. The molecule has 0 aliphatic rings. The fraction of sp³-hybridized carbons (Fsp3) is 0.0714. The largest absolute Gasteiger partial charge is 0.321 e. The molecule has 0 atom stereocenters. The third-order valence-corrected chi connectivity index (χ3v) is 3.31. The molecule has 2 aromatic rings. The average Bonchev–Trinajstić information content (AvgIpc) is 2.37. The molecule has 98 valence electrons. The molecule has 0 aliphatic carbocycles. The zero-order valence-corrected chi connectivity index (χ0v) is 11.4. The third-order valence-electron chi connectivity index (χ3n) is 2.54. The normalized spacial score (nSPS) is 10.3. The summed E-state index contributed by atoms with van der Waals surface area (Å²) in [6.07, 6.45) is 0.0369. The first-order chi connectivity index (χ1) is 9.08. The smallest absolute Gasteiger partial charge is 0.228 e. The van der Waals surface area contributed by atoms with Gasteiger partial charge in [-0.05, 0) is 23.8 Å². The summed E-state index contributed by atoms with van der Waals surface area (Å²) in [5.74, 6) is -2.06. The zero-order chi connectivity index (χ0) is 13.8. The fourth-order valence-electron chi connectivity index (χ4n) is 1.62. The van der Waals surface area contributed by atoms with Crippen molar-refractivity contribution in [2.24, 2.45) is 0 Å². The lowest BCUT2D eigenvalue weighted by Crippen LogP contribution is -2.16. The second kappa shape index (κ2) is 5.93. The molecule has 0 aliphatic heterocycles. The number of rotatable bonds is 3. The molecule has 0 saturated carbocycles. The molecule has 0 aromatic heterocycles. The van der Waals surface area contributed by atoms with E-state index in [0.29, 0.717) is 0 Å². The SMILES string of the molecule is O=C(Cc1ccccc1Br)Nc1c(F)cccc1F. The lowest BCUT2D eigenvalue weighted by molar-refractivity contribution is -0.115. The Morgan fingerprint density at radius 3 is 2.32 bits per heavy atom. The molecule has 0 spiro atoms. The van der Waals surface area contributed by atoms with Crippen LogP contribution in [0.15, 0.2) is 46.9 Å². The monoisotopic (exact) mass is 325 g/mol. The van der Waals surface area contributed by atoms with E-state index in [9.17, 15) is 13.6 Å². The van der Waals surface area contributed by atoms with Crippen LogP contribution in [0.5, 0.6) is 0 Å². The Kier molecular flexibility index (Phi) is 4.27. The van der Waals surface area contributed by atoms with Crippen LogP contribution >= 0.6 is 15.9 Å². The highest BCUT2D eigenvalue weighted by molar-refractivity contribution is 9.10. The summed E-state index contributed by atoms with van der Waals surface area (Å²) in [7, 11) is 0. The van der Waals surface area contributed by atoms with Crippen molar-refractivity contribution in [3.05, 3.63) is 64.1 Å². The Labute approximate surface area is 117 Å². The number of halogens is 3. The predicted octanol–water partition coefficient (Wildman–Crippen LogP) is 3.91. The number of nitrogens with one attached hydrogen (secondary N) is 1. The molecule has 2 aromatic carbocycles. The number of benzene rings is 2. The van der Waals surface area contributed by atoms with Gasteiger partial charge in [-0.3, -0.25) is 4.79 Å². The van der Waals surface area contributed by atoms with Crippen LogP contribution in [-0.2, 0) is 11.2 Å². The van der Waals surface area contributed by atoms with E-state index in [2.05, 4.69) is 21.2 Å². The van der Waals surface area contributed by atoms with Crippen LogP contribution in [0.1, 0.15) is 5.56 Å². The number of amides is 1. The molecule has 2 nitrogen and oxygen atoms in total. The maximum absolute atomic E-state index is 13.4. The van der Waals surface area contributed by atoms with Gasteiger partial charge in [0.25, 0.3) is 0 Å². The Morgan fingerprint density at radius 1 is 1.05 bits per heavy atom. The van der Waals surface area contributed by atoms with Crippen molar-refractivity contribution in [3.63, 3.8) is 0 Å². The molecule has 2 rings (SSSR count). The summed E-state index contributed by atoms with van der Waals surface area (Å²) in [5, 5.41) is 2.24. The number of carbonyl (C=O) groups is 1. The van der Waals surface area contributed by atoms with Crippen LogP contribution in [0.2, 0.25) is 0 Å². The average molecular weight is 326 g/mol. The topological polar surface area (TPSA) is 29.1 Å². The van der Waals surface area contributed by atoms with Gasteiger partial charge >= 0.3 is 0 Å². The van der Waals surface area contributed by atoms with E-state index in [1.54, 1.807) is 18.2 Å². The van der Waals surface area contributed by atoms with Crippen molar-refractivity contribution in [1.29, 1.82) is 0 Å². The van der Waals surface area contributed by atoms with Gasteiger partial charge in [0.1, 0.15) is 17.3 Å². The van der Waals surface area contributed by atoms with Gasteiger partial charge in [-0.1, -0.05) is 40.2 Å². The van der Waals surface area contributed by atoms with Crippen LogP contribution < -0.4 is 5.32 Å². The van der Waals surface area contributed by atoms with Crippen molar-refractivity contribution in [2.75, 3.05) is 5.32 Å². The van der Waals surface area contributed by atoms with E-state index in [0.717, 1.165) is 22.2 Å². The van der Waals surface area contributed by atoms with Gasteiger partial charge < -0.3 is 5.32 Å². The lowest BCUT2D eigenvalue weighted by atomic mass is 10.1. The second-order valence-electron chi connectivity index (χ2n) is 3.91. The predicted molar refractivity (Wildman–Crippen MR) is 72.8 cm³/mol. The number of hydrogen-bond donors (Lipinski definition) is 1. The van der Waals surface area contributed by atoms with Gasteiger partial charge in [0.2, 0.25) is 5.91 Å². The van der Waals surface area contributed by atoms with Crippen LogP contribution in [0, 0.1) is 11.6 Å². The minimum Gasteiger partial charge on any atom is -0.321 e. The number of hydrogen-bond acceptors (Lipinski definition) is 1. The van der Waals surface area contributed by atoms with Crippen molar-refractivity contribution in [2.45, 2.75) is 6.42 Å². The molecule has 0 unspecified atom stereocenters. The maximum atomic E-state index is 13.4. The van der Waals surface area contributed by atoms with Crippen molar-refractivity contribution < 1.29 is 13.6 Å². The summed E-state index contributed by atoms with van der Waals surface area (Å²) in [4.78, 5) is 11.8. The molecule has 0 fully saturated rings. The minimum atomic E-state index is -0.791. The molecule has 1 N–H and O–H groups in total.